The number of aryl methyl sites for hydroxylation is 1. The smallest absolute Gasteiger partial charge is 0.331 e. The molecular formula is C23H25N3O4. The van der Waals surface area contributed by atoms with Gasteiger partial charge in [0.25, 0.3) is 5.91 Å². The Kier molecular flexibility index (Phi) is 6.30. The van der Waals surface area contributed by atoms with Gasteiger partial charge in [0.2, 0.25) is 11.8 Å². The van der Waals surface area contributed by atoms with E-state index in [4.69, 9.17) is 9.15 Å². The number of rotatable bonds is 7. The van der Waals surface area contributed by atoms with Crippen LogP contribution < -0.4 is 5.32 Å². The van der Waals surface area contributed by atoms with Gasteiger partial charge in [0.05, 0.1) is 7.11 Å². The molecular weight excluding hydrogens is 382 g/mol. The van der Waals surface area contributed by atoms with Crippen LogP contribution in [-0.4, -0.2) is 34.7 Å². The van der Waals surface area contributed by atoms with Gasteiger partial charge < -0.3 is 14.5 Å². The topological polar surface area (TPSA) is 94.3 Å². The Labute approximate surface area is 175 Å². The van der Waals surface area contributed by atoms with Crippen LogP contribution in [0.5, 0.6) is 0 Å². The molecule has 3 aromatic rings. The summed E-state index contributed by atoms with van der Waals surface area (Å²) >= 11 is 0. The van der Waals surface area contributed by atoms with Crippen LogP contribution in [0.15, 0.2) is 52.9 Å². The maximum atomic E-state index is 12.6. The molecule has 0 saturated carbocycles. The molecule has 2 aromatic carbocycles. The molecule has 1 unspecified atom stereocenters. The monoisotopic (exact) mass is 407 g/mol. The highest BCUT2D eigenvalue weighted by atomic mass is 16.5. The molecule has 1 heterocycles. The molecule has 0 fully saturated rings. The number of esters is 1. The molecule has 0 bridgehead atoms. The highest BCUT2D eigenvalue weighted by Gasteiger charge is 2.35. The van der Waals surface area contributed by atoms with Gasteiger partial charge in [-0.3, -0.25) is 4.79 Å². The van der Waals surface area contributed by atoms with Gasteiger partial charge in [0.1, 0.15) is 5.54 Å². The highest BCUT2D eigenvalue weighted by Crippen LogP contribution is 2.24. The number of amides is 1. The Morgan fingerprint density at radius 1 is 1.00 bits per heavy atom. The van der Waals surface area contributed by atoms with Crippen molar-refractivity contribution in [3.63, 3.8) is 0 Å². The van der Waals surface area contributed by atoms with E-state index >= 15 is 0 Å². The number of aromatic nitrogens is 2. The summed E-state index contributed by atoms with van der Waals surface area (Å²) < 4.78 is 10.6. The number of nitrogens with one attached hydrogen (secondary N) is 1. The molecule has 1 amide bonds. The molecule has 7 nitrogen and oxygen atoms in total. The summed E-state index contributed by atoms with van der Waals surface area (Å²) in [6.07, 6.45) is 1.21. The van der Waals surface area contributed by atoms with Gasteiger partial charge in [-0.2, -0.15) is 0 Å². The Hall–Kier alpha value is -3.48. The first kappa shape index (κ1) is 21.2. The van der Waals surface area contributed by atoms with E-state index in [1.165, 1.54) is 7.11 Å². The van der Waals surface area contributed by atoms with Crippen LogP contribution >= 0.6 is 0 Å². The molecule has 3 rings (SSSR count). The second-order valence-electron chi connectivity index (χ2n) is 7.38. The first-order valence-corrected chi connectivity index (χ1v) is 9.78. The number of benzene rings is 2. The fraction of sp³-hybridized carbons (Fsp3) is 0.304. The van der Waals surface area contributed by atoms with E-state index in [1.807, 2.05) is 38.1 Å². The van der Waals surface area contributed by atoms with E-state index < -0.39 is 11.5 Å². The van der Waals surface area contributed by atoms with Crippen molar-refractivity contribution in [2.75, 3.05) is 7.11 Å². The van der Waals surface area contributed by atoms with Crippen LogP contribution in [0.3, 0.4) is 0 Å². The fourth-order valence-electron chi connectivity index (χ4n) is 3.18. The second kappa shape index (κ2) is 8.90. The summed E-state index contributed by atoms with van der Waals surface area (Å²) in [7, 11) is 1.31. The van der Waals surface area contributed by atoms with Gasteiger partial charge in [-0.1, -0.05) is 31.0 Å². The van der Waals surface area contributed by atoms with Crippen molar-refractivity contribution in [3.8, 4) is 22.9 Å². The van der Waals surface area contributed by atoms with Gasteiger partial charge >= 0.3 is 5.97 Å². The predicted octanol–water partition coefficient (Wildman–Crippen LogP) is 4.17. The number of methoxy groups -OCH3 is 1. The molecule has 1 aromatic heterocycles. The maximum absolute atomic E-state index is 12.6. The lowest BCUT2D eigenvalue weighted by molar-refractivity contribution is -0.147. The number of carbonyl (C=O) groups excluding carboxylic acids is 2. The first-order valence-electron chi connectivity index (χ1n) is 9.78. The lowest BCUT2D eigenvalue weighted by atomic mass is 9.95. The summed E-state index contributed by atoms with van der Waals surface area (Å²) in [5.74, 6) is -0.0271. The normalized spacial score (nSPS) is 12.8. The van der Waals surface area contributed by atoms with Gasteiger partial charge in [0.15, 0.2) is 0 Å². The maximum Gasteiger partial charge on any atom is 0.331 e. The van der Waals surface area contributed by atoms with E-state index in [-0.39, 0.29) is 5.91 Å². The molecule has 156 valence electrons. The molecule has 0 aliphatic rings. The van der Waals surface area contributed by atoms with Crippen LogP contribution in [0.4, 0.5) is 0 Å². The van der Waals surface area contributed by atoms with Crippen LogP contribution in [0.1, 0.15) is 42.6 Å². The van der Waals surface area contributed by atoms with Crippen LogP contribution in [0.25, 0.3) is 22.9 Å². The minimum absolute atomic E-state index is 0.353. The molecule has 0 aliphatic heterocycles. The van der Waals surface area contributed by atoms with Crippen molar-refractivity contribution < 1.29 is 18.7 Å². The molecule has 0 radical (unpaired) electrons. The number of ether oxygens (including phenoxy) is 1. The van der Waals surface area contributed by atoms with Gasteiger partial charge in [0, 0.05) is 16.7 Å². The summed E-state index contributed by atoms with van der Waals surface area (Å²) in [6, 6.07) is 14.6. The molecule has 1 N–H and O–H groups in total. The largest absolute Gasteiger partial charge is 0.467 e. The second-order valence-corrected chi connectivity index (χ2v) is 7.38. The van der Waals surface area contributed by atoms with E-state index in [9.17, 15) is 9.59 Å². The van der Waals surface area contributed by atoms with Crippen LogP contribution in [0, 0.1) is 6.92 Å². The zero-order valence-electron chi connectivity index (χ0n) is 17.6. The Balaban J connectivity index is 1.75. The fourth-order valence-corrected chi connectivity index (χ4v) is 3.18. The third-order valence-electron chi connectivity index (χ3n) is 4.89. The van der Waals surface area contributed by atoms with Crippen molar-refractivity contribution in [1.29, 1.82) is 0 Å². The minimum Gasteiger partial charge on any atom is -0.467 e. The van der Waals surface area contributed by atoms with Crippen molar-refractivity contribution in [2.45, 2.75) is 39.2 Å². The summed E-state index contributed by atoms with van der Waals surface area (Å²) in [5, 5.41) is 11.0. The SMILES string of the molecule is CCCC(C)(NC(=O)c1ccc(-c2nnc(-c3ccc(C)cc3)o2)cc1)C(=O)OC. The number of hydrogen-bond acceptors (Lipinski definition) is 6. The van der Waals surface area contributed by atoms with Gasteiger partial charge in [-0.25, -0.2) is 4.79 Å². The zero-order chi connectivity index (χ0) is 21.7. The minimum atomic E-state index is -1.07. The van der Waals surface area contributed by atoms with Crippen molar-refractivity contribution in [3.05, 3.63) is 59.7 Å². The summed E-state index contributed by atoms with van der Waals surface area (Å²) in [5.41, 5.74) is 2.03. The molecule has 1 atom stereocenters. The van der Waals surface area contributed by atoms with Gasteiger partial charge in [-0.05, 0) is 56.7 Å². The van der Waals surface area contributed by atoms with Gasteiger partial charge in [-0.15, -0.1) is 10.2 Å². The quantitative estimate of drug-likeness (QED) is 0.591. The Bertz CT molecular complexity index is 1030. The first-order chi connectivity index (χ1) is 14.4. The summed E-state index contributed by atoms with van der Waals surface area (Å²) in [4.78, 5) is 24.8. The van der Waals surface area contributed by atoms with E-state index in [0.717, 1.165) is 17.5 Å². The Morgan fingerprint density at radius 2 is 1.53 bits per heavy atom. The average molecular weight is 407 g/mol. The number of nitrogens with zero attached hydrogens (tertiary/aromatic N) is 2. The van der Waals surface area contributed by atoms with Crippen molar-refractivity contribution in [1.82, 2.24) is 15.5 Å². The zero-order valence-corrected chi connectivity index (χ0v) is 17.6. The number of hydrogen-bond donors (Lipinski definition) is 1. The van der Waals surface area contributed by atoms with Crippen molar-refractivity contribution >= 4 is 11.9 Å². The third-order valence-corrected chi connectivity index (χ3v) is 4.89. The van der Waals surface area contributed by atoms with E-state index in [2.05, 4.69) is 15.5 Å². The molecule has 7 heteroatoms. The average Bonchev–Trinajstić information content (AvgIpc) is 3.24. The standard InChI is InChI=1S/C23H25N3O4/c1-5-14-23(3,22(28)29-4)24-19(27)16-10-12-18(13-11-16)21-26-25-20(30-21)17-8-6-15(2)7-9-17/h6-13H,5,14H2,1-4H3,(H,24,27). The lowest BCUT2D eigenvalue weighted by Crippen LogP contribution is -2.52. The molecule has 30 heavy (non-hydrogen) atoms. The van der Waals surface area contributed by atoms with Crippen molar-refractivity contribution in [2.24, 2.45) is 0 Å². The molecule has 0 saturated heterocycles. The summed E-state index contributed by atoms with van der Waals surface area (Å²) in [6.45, 7) is 5.62. The highest BCUT2D eigenvalue weighted by molar-refractivity contribution is 5.98. The van der Waals surface area contributed by atoms with E-state index in [1.54, 1.807) is 31.2 Å². The van der Waals surface area contributed by atoms with Crippen LogP contribution in [-0.2, 0) is 9.53 Å². The van der Waals surface area contributed by atoms with E-state index in [0.29, 0.717) is 29.3 Å². The third kappa shape index (κ3) is 4.56. The Morgan fingerprint density at radius 3 is 2.03 bits per heavy atom. The predicted molar refractivity (Wildman–Crippen MR) is 113 cm³/mol. The number of carbonyl (C=O) groups is 2. The lowest BCUT2D eigenvalue weighted by Gasteiger charge is -2.27. The molecule has 0 aliphatic carbocycles. The molecule has 0 spiro atoms. The van der Waals surface area contributed by atoms with Crippen LogP contribution in [0.2, 0.25) is 0 Å².